The summed E-state index contributed by atoms with van der Waals surface area (Å²) in [7, 11) is 0. The smallest absolute Gasteiger partial charge is 0.143 e. The van der Waals surface area contributed by atoms with Gasteiger partial charge in [0.15, 0.2) is 0 Å². The minimum Gasteiger partial charge on any atom is -0.394 e. The van der Waals surface area contributed by atoms with Gasteiger partial charge >= 0.3 is 0 Å². The molecule has 1 atom stereocenters. The molecule has 0 bridgehead atoms. The Balaban J connectivity index is 2.03. The standard InChI is InChI=1S/C18H22N4O/c1-11(2)16(9-23)22-18-14-8-15(21-17(14)19-10-20-18)13-7-5-4-6-12(13)3/h4-8,10-11,16,23H,9H2,1-3H3,(H2,19,20,21,22). The van der Waals surface area contributed by atoms with Crippen molar-refractivity contribution in [3.05, 3.63) is 42.2 Å². The lowest BCUT2D eigenvalue weighted by Crippen LogP contribution is -2.29. The third kappa shape index (κ3) is 3.05. The van der Waals surface area contributed by atoms with Crippen molar-refractivity contribution >= 4 is 16.9 Å². The van der Waals surface area contributed by atoms with Gasteiger partial charge in [-0.2, -0.15) is 0 Å². The molecule has 2 aromatic heterocycles. The van der Waals surface area contributed by atoms with Crippen LogP contribution in [0, 0.1) is 12.8 Å². The van der Waals surface area contributed by atoms with E-state index in [0.717, 1.165) is 28.1 Å². The van der Waals surface area contributed by atoms with E-state index in [-0.39, 0.29) is 12.6 Å². The molecule has 0 saturated heterocycles. The molecule has 3 N–H and O–H groups in total. The lowest BCUT2D eigenvalue weighted by molar-refractivity contribution is 0.249. The molecule has 5 nitrogen and oxygen atoms in total. The number of aromatic amines is 1. The highest BCUT2D eigenvalue weighted by atomic mass is 16.3. The van der Waals surface area contributed by atoms with Gasteiger partial charge in [-0.15, -0.1) is 0 Å². The van der Waals surface area contributed by atoms with Gasteiger partial charge in [0.2, 0.25) is 0 Å². The molecule has 0 amide bonds. The molecule has 2 heterocycles. The number of aryl methyl sites for hydroxylation is 1. The summed E-state index contributed by atoms with van der Waals surface area (Å²) >= 11 is 0. The Morgan fingerprint density at radius 2 is 2.00 bits per heavy atom. The van der Waals surface area contributed by atoms with Gasteiger partial charge in [0.25, 0.3) is 0 Å². The topological polar surface area (TPSA) is 73.8 Å². The van der Waals surface area contributed by atoms with E-state index in [0.29, 0.717) is 5.92 Å². The summed E-state index contributed by atoms with van der Waals surface area (Å²) in [6, 6.07) is 10.3. The Morgan fingerprint density at radius 1 is 1.22 bits per heavy atom. The summed E-state index contributed by atoms with van der Waals surface area (Å²) in [5.41, 5.74) is 4.17. The lowest BCUT2D eigenvalue weighted by Gasteiger charge is -2.20. The first-order valence-corrected chi connectivity index (χ1v) is 7.87. The van der Waals surface area contributed by atoms with E-state index in [1.54, 1.807) is 0 Å². The van der Waals surface area contributed by atoms with E-state index in [4.69, 9.17) is 0 Å². The number of anilines is 1. The highest BCUT2D eigenvalue weighted by molar-refractivity contribution is 5.91. The fraction of sp³-hybridized carbons (Fsp3) is 0.333. The number of hydrogen-bond donors (Lipinski definition) is 3. The van der Waals surface area contributed by atoms with Gasteiger partial charge < -0.3 is 15.4 Å². The molecule has 1 aromatic carbocycles. The van der Waals surface area contributed by atoms with Crippen LogP contribution >= 0.6 is 0 Å². The van der Waals surface area contributed by atoms with Crippen LogP contribution in [0.5, 0.6) is 0 Å². The number of hydrogen-bond acceptors (Lipinski definition) is 4. The lowest BCUT2D eigenvalue weighted by atomic mass is 10.1. The van der Waals surface area contributed by atoms with Gasteiger partial charge in [-0.05, 0) is 24.5 Å². The minimum absolute atomic E-state index is 0.0371. The van der Waals surface area contributed by atoms with Crippen LogP contribution in [-0.4, -0.2) is 32.7 Å². The minimum atomic E-state index is -0.0371. The summed E-state index contributed by atoms with van der Waals surface area (Å²) in [6.07, 6.45) is 1.54. The fourth-order valence-corrected chi connectivity index (χ4v) is 2.67. The number of aromatic nitrogens is 3. The highest BCUT2D eigenvalue weighted by Crippen LogP contribution is 2.29. The van der Waals surface area contributed by atoms with Gasteiger partial charge in [0.05, 0.1) is 18.0 Å². The number of H-pyrrole nitrogens is 1. The first-order valence-electron chi connectivity index (χ1n) is 7.87. The number of aliphatic hydroxyl groups excluding tert-OH is 1. The van der Waals surface area contributed by atoms with E-state index in [1.807, 2.05) is 12.1 Å². The van der Waals surface area contributed by atoms with Crippen LogP contribution < -0.4 is 5.32 Å². The van der Waals surface area contributed by atoms with E-state index in [2.05, 4.69) is 59.2 Å². The number of benzene rings is 1. The van der Waals surface area contributed by atoms with Crippen molar-refractivity contribution in [1.29, 1.82) is 0 Å². The second kappa shape index (κ2) is 6.38. The summed E-state index contributed by atoms with van der Waals surface area (Å²) < 4.78 is 0. The molecular formula is C18H22N4O. The third-order valence-corrected chi connectivity index (χ3v) is 4.18. The van der Waals surface area contributed by atoms with Gasteiger partial charge in [-0.3, -0.25) is 0 Å². The van der Waals surface area contributed by atoms with Crippen LogP contribution in [0.25, 0.3) is 22.3 Å². The zero-order valence-electron chi connectivity index (χ0n) is 13.7. The van der Waals surface area contributed by atoms with Crippen LogP contribution in [0.4, 0.5) is 5.82 Å². The first kappa shape index (κ1) is 15.5. The summed E-state index contributed by atoms with van der Waals surface area (Å²) in [5.74, 6) is 1.05. The molecule has 0 aliphatic rings. The number of nitrogens with one attached hydrogen (secondary N) is 2. The van der Waals surface area contributed by atoms with Crippen LogP contribution in [0.3, 0.4) is 0 Å². The van der Waals surface area contributed by atoms with Crippen molar-refractivity contribution in [1.82, 2.24) is 15.0 Å². The number of aliphatic hydroxyl groups is 1. The third-order valence-electron chi connectivity index (χ3n) is 4.18. The Labute approximate surface area is 135 Å². The molecule has 3 aromatic rings. The summed E-state index contributed by atoms with van der Waals surface area (Å²) in [6.45, 7) is 6.30. The zero-order chi connectivity index (χ0) is 16.4. The van der Waals surface area contributed by atoms with E-state index < -0.39 is 0 Å². The average Bonchev–Trinajstić information content (AvgIpc) is 2.97. The maximum absolute atomic E-state index is 9.54. The average molecular weight is 310 g/mol. The van der Waals surface area contributed by atoms with Crippen molar-refractivity contribution < 1.29 is 5.11 Å². The molecule has 0 spiro atoms. The van der Waals surface area contributed by atoms with Crippen molar-refractivity contribution in [3.8, 4) is 11.3 Å². The SMILES string of the molecule is Cc1ccccc1-c1cc2c(NC(CO)C(C)C)ncnc2[nH]1. The largest absolute Gasteiger partial charge is 0.394 e. The maximum Gasteiger partial charge on any atom is 0.143 e. The summed E-state index contributed by atoms with van der Waals surface area (Å²) in [4.78, 5) is 12.0. The predicted octanol–water partition coefficient (Wildman–Crippen LogP) is 3.36. The van der Waals surface area contributed by atoms with E-state index >= 15 is 0 Å². The van der Waals surface area contributed by atoms with Gasteiger partial charge in [0.1, 0.15) is 17.8 Å². The number of fused-ring (bicyclic) bond motifs is 1. The second-order valence-corrected chi connectivity index (χ2v) is 6.16. The quantitative estimate of drug-likeness (QED) is 0.675. The van der Waals surface area contributed by atoms with Crippen LogP contribution in [0.1, 0.15) is 19.4 Å². The Kier molecular flexibility index (Phi) is 4.30. The van der Waals surface area contributed by atoms with Gasteiger partial charge in [0, 0.05) is 11.3 Å². The zero-order valence-corrected chi connectivity index (χ0v) is 13.7. The van der Waals surface area contributed by atoms with Gasteiger partial charge in [-0.1, -0.05) is 38.1 Å². The van der Waals surface area contributed by atoms with E-state index in [9.17, 15) is 5.11 Å². The molecule has 0 fully saturated rings. The Bertz CT molecular complexity index is 810. The normalized spacial score (nSPS) is 12.7. The maximum atomic E-state index is 9.54. The van der Waals surface area contributed by atoms with E-state index in [1.165, 1.54) is 11.9 Å². The van der Waals surface area contributed by atoms with Gasteiger partial charge in [-0.25, -0.2) is 9.97 Å². The van der Waals surface area contributed by atoms with Crippen LogP contribution in [0.2, 0.25) is 0 Å². The molecule has 0 aliphatic carbocycles. The molecule has 0 radical (unpaired) electrons. The molecule has 23 heavy (non-hydrogen) atoms. The molecule has 1 unspecified atom stereocenters. The highest BCUT2D eigenvalue weighted by Gasteiger charge is 2.16. The predicted molar refractivity (Wildman–Crippen MR) is 93.4 cm³/mol. The second-order valence-electron chi connectivity index (χ2n) is 6.16. The Hall–Kier alpha value is -2.40. The van der Waals surface area contributed by atoms with Crippen molar-refractivity contribution in [3.63, 3.8) is 0 Å². The molecule has 5 heteroatoms. The number of nitrogens with zero attached hydrogens (tertiary/aromatic N) is 2. The van der Waals surface area contributed by atoms with Crippen molar-refractivity contribution in [2.24, 2.45) is 5.92 Å². The molecule has 0 aliphatic heterocycles. The molecule has 0 saturated carbocycles. The first-order chi connectivity index (χ1) is 11.1. The van der Waals surface area contributed by atoms with Crippen LogP contribution in [-0.2, 0) is 0 Å². The number of rotatable bonds is 5. The van der Waals surface area contributed by atoms with Crippen molar-refractivity contribution in [2.75, 3.05) is 11.9 Å². The monoisotopic (exact) mass is 310 g/mol. The Morgan fingerprint density at radius 3 is 2.70 bits per heavy atom. The summed E-state index contributed by atoms with van der Waals surface area (Å²) in [5, 5.41) is 13.8. The molecule has 120 valence electrons. The van der Waals surface area contributed by atoms with Crippen LogP contribution in [0.15, 0.2) is 36.7 Å². The molecular weight excluding hydrogens is 288 g/mol. The molecule has 3 rings (SSSR count). The fourth-order valence-electron chi connectivity index (χ4n) is 2.67. The van der Waals surface area contributed by atoms with Crippen molar-refractivity contribution in [2.45, 2.75) is 26.8 Å².